The molecule has 128 valence electrons. The van der Waals surface area contributed by atoms with Crippen LogP contribution in [0.1, 0.15) is 23.4 Å². The summed E-state index contributed by atoms with van der Waals surface area (Å²) in [4.78, 5) is 15.5. The van der Waals surface area contributed by atoms with Crippen molar-refractivity contribution in [2.75, 3.05) is 31.6 Å². The van der Waals surface area contributed by atoms with Crippen molar-refractivity contribution in [3.63, 3.8) is 0 Å². The summed E-state index contributed by atoms with van der Waals surface area (Å²) in [5.41, 5.74) is 2.05. The normalized spacial score (nSPS) is 16.5. The van der Waals surface area contributed by atoms with Crippen LogP contribution in [0.2, 0.25) is 0 Å². The fourth-order valence-corrected chi connectivity index (χ4v) is 3.42. The number of ether oxygens (including phenoxy) is 1. The van der Waals surface area contributed by atoms with Crippen LogP contribution in [0.4, 0.5) is 10.5 Å². The Balaban J connectivity index is 1.51. The molecule has 5 nitrogen and oxygen atoms in total. The molecule has 1 aliphatic rings. The van der Waals surface area contributed by atoms with Crippen molar-refractivity contribution in [3.05, 3.63) is 52.2 Å². The summed E-state index contributed by atoms with van der Waals surface area (Å²) in [5.74, 6) is 0. The standard InChI is InChI=1S/C18H23N3O2S/c1-14(21-8-10-23-11-9-21)15-4-6-16(7-5-15)20-18(22)19-13-17-3-2-12-24-17/h2-7,12,14H,8-11,13H2,1H3,(H2,19,20,22)/t14-/m1/s1. The molecule has 2 amide bonds. The summed E-state index contributed by atoms with van der Waals surface area (Å²) in [7, 11) is 0. The van der Waals surface area contributed by atoms with E-state index < -0.39 is 0 Å². The van der Waals surface area contributed by atoms with E-state index in [1.807, 2.05) is 29.6 Å². The average Bonchev–Trinajstić information content (AvgIpc) is 3.14. The van der Waals surface area contributed by atoms with Gasteiger partial charge in [-0.05, 0) is 36.1 Å². The van der Waals surface area contributed by atoms with E-state index in [0.29, 0.717) is 12.6 Å². The summed E-state index contributed by atoms with van der Waals surface area (Å²) < 4.78 is 5.40. The number of carbonyl (C=O) groups excluding carboxylic acids is 1. The average molecular weight is 345 g/mol. The van der Waals surface area contributed by atoms with Crippen molar-refractivity contribution in [2.24, 2.45) is 0 Å². The maximum Gasteiger partial charge on any atom is 0.319 e. The summed E-state index contributed by atoms with van der Waals surface area (Å²) in [6.45, 7) is 6.29. The number of hydrogen-bond acceptors (Lipinski definition) is 4. The second-order valence-corrected chi connectivity index (χ2v) is 6.87. The quantitative estimate of drug-likeness (QED) is 0.872. The van der Waals surface area contributed by atoms with Gasteiger partial charge in [0.25, 0.3) is 0 Å². The molecule has 2 heterocycles. The number of nitrogens with one attached hydrogen (secondary N) is 2. The van der Waals surface area contributed by atoms with E-state index in [4.69, 9.17) is 4.74 Å². The number of thiophene rings is 1. The molecule has 24 heavy (non-hydrogen) atoms. The summed E-state index contributed by atoms with van der Waals surface area (Å²) in [5, 5.41) is 7.74. The second-order valence-electron chi connectivity index (χ2n) is 5.83. The molecule has 0 spiro atoms. The lowest BCUT2D eigenvalue weighted by atomic mass is 10.1. The van der Waals surface area contributed by atoms with Crippen molar-refractivity contribution < 1.29 is 9.53 Å². The van der Waals surface area contributed by atoms with Gasteiger partial charge in [0.15, 0.2) is 0 Å². The van der Waals surface area contributed by atoms with Crippen LogP contribution in [0.15, 0.2) is 41.8 Å². The number of hydrogen-bond donors (Lipinski definition) is 2. The molecule has 0 bridgehead atoms. The maximum atomic E-state index is 11.9. The topological polar surface area (TPSA) is 53.6 Å². The number of urea groups is 1. The van der Waals surface area contributed by atoms with Crippen LogP contribution < -0.4 is 10.6 Å². The van der Waals surface area contributed by atoms with Gasteiger partial charge in [0.1, 0.15) is 0 Å². The second kappa shape index (κ2) is 8.28. The van der Waals surface area contributed by atoms with E-state index in [-0.39, 0.29) is 6.03 Å². The first-order valence-corrected chi connectivity index (χ1v) is 9.09. The number of carbonyl (C=O) groups is 1. The Labute approximate surface area is 146 Å². The zero-order chi connectivity index (χ0) is 16.8. The molecule has 1 saturated heterocycles. The van der Waals surface area contributed by atoms with Crippen LogP contribution in [-0.4, -0.2) is 37.2 Å². The number of benzene rings is 1. The first-order chi connectivity index (χ1) is 11.7. The van der Waals surface area contributed by atoms with Gasteiger partial charge in [-0.15, -0.1) is 11.3 Å². The van der Waals surface area contributed by atoms with Crippen LogP contribution in [0, 0.1) is 0 Å². The molecule has 1 aromatic heterocycles. The molecule has 1 aromatic carbocycles. The number of rotatable bonds is 5. The molecule has 1 atom stereocenters. The van der Waals surface area contributed by atoms with Crippen molar-refractivity contribution in [3.8, 4) is 0 Å². The third-order valence-electron chi connectivity index (χ3n) is 4.25. The summed E-state index contributed by atoms with van der Waals surface area (Å²) in [6, 6.07) is 12.2. The highest BCUT2D eigenvalue weighted by Gasteiger charge is 2.18. The molecular formula is C18H23N3O2S. The Bertz CT molecular complexity index is 637. The fraction of sp³-hybridized carbons (Fsp3) is 0.389. The van der Waals surface area contributed by atoms with Crippen molar-refractivity contribution >= 4 is 23.1 Å². The van der Waals surface area contributed by atoms with Gasteiger partial charge < -0.3 is 15.4 Å². The highest BCUT2D eigenvalue weighted by atomic mass is 32.1. The van der Waals surface area contributed by atoms with E-state index >= 15 is 0 Å². The molecule has 2 aromatic rings. The molecule has 2 N–H and O–H groups in total. The summed E-state index contributed by atoms with van der Waals surface area (Å²) >= 11 is 1.63. The van der Waals surface area contributed by atoms with Crippen LogP contribution in [0.25, 0.3) is 0 Å². The largest absolute Gasteiger partial charge is 0.379 e. The van der Waals surface area contributed by atoms with Gasteiger partial charge in [-0.3, -0.25) is 4.90 Å². The summed E-state index contributed by atoms with van der Waals surface area (Å²) in [6.07, 6.45) is 0. The predicted octanol–water partition coefficient (Wildman–Crippen LogP) is 3.46. The van der Waals surface area contributed by atoms with E-state index in [1.165, 1.54) is 5.56 Å². The van der Waals surface area contributed by atoms with E-state index in [9.17, 15) is 4.79 Å². The molecule has 0 aliphatic carbocycles. The van der Waals surface area contributed by atoms with E-state index in [2.05, 4.69) is 34.6 Å². The van der Waals surface area contributed by atoms with E-state index in [0.717, 1.165) is 36.9 Å². The third-order valence-corrected chi connectivity index (χ3v) is 5.12. The van der Waals surface area contributed by atoms with Gasteiger partial charge in [-0.1, -0.05) is 18.2 Å². The minimum Gasteiger partial charge on any atom is -0.379 e. The van der Waals surface area contributed by atoms with Crippen molar-refractivity contribution in [1.82, 2.24) is 10.2 Å². The first-order valence-electron chi connectivity index (χ1n) is 8.21. The van der Waals surface area contributed by atoms with Crippen LogP contribution in [-0.2, 0) is 11.3 Å². The Morgan fingerprint density at radius 1 is 1.25 bits per heavy atom. The molecule has 0 saturated carbocycles. The van der Waals surface area contributed by atoms with Gasteiger partial charge in [-0.25, -0.2) is 4.79 Å². The van der Waals surface area contributed by atoms with Gasteiger partial charge in [0.2, 0.25) is 0 Å². The monoisotopic (exact) mass is 345 g/mol. The minimum atomic E-state index is -0.183. The molecule has 0 unspecified atom stereocenters. The number of nitrogens with zero attached hydrogens (tertiary/aromatic N) is 1. The van der Waals surface area contributed by atoms with Gasteiger partial charge in [0.05, 0.1) is 19.8 Å². The Hall–Kier alpha value is -1.89. The minimum absolute atomic E-state index is 0.183. The van der Waals surface area contributed by atoms with Crippen LogP contribution in [0.5, 0.6) is 0 Å². The fourth-order valence-electron chi connectivity index (χ4n) is 2.78. The Morgan fingerprint density at radius 3 is 2.67 bits per heavy atom. The molecule has 1 fully saturated rings. The predicted molar refractivity (Wildman–Crippen MR) is 97.4 cm³/mol. The number of morpholine rings is 1. The lowest BCUT2D eigenvalue weighted by molar-refractivity contribution is 0.0198. The van der Waals surface area contributed by atoms with Crippen molar-refractivity contribution in [1.29, 1.82) is 0 Å². The Morgan fingerprint density at radius 2 is 2.00 bits per heavy atom. The SMILES string of the molecule is C[C@H](c1ccc(NC(=O)NCc2cccs2)cc1)N1CCOCC1. The molecule has 1 aliphatic heterocycles. The van der Waals surface area contributed by atoms with Crippen LogP contribution in [0.3, 0.4) is 0 Å². The molecule has 0 radical (unpaired) electrons. The molecular weight excluding hydrogens is 322 g/mol. The maximum absolute atomic E-state index is 11.9. The first kappa shape index (κ1) is 17.0. The number of amides is 2. The molecule has 3 rings (SSSR count). The van der Waals surface area contributed by atoms with E-state index in [1.54, 1.807) is 11.3 Å². The zero-order valence-corrected chi connectivity index (χ0v) is 14.6. The lowest BCUT2D eigenvalue weighted by Crippen LogP contribution is -2.38. The van der Waals surface area contributed by atoms with Gasteiger partial charge >= 0.3 is 6.03 Å². The van der Waals surface area contributed by atoms with Crippen molar-refractivity contribution in [2.45, 2.75) is 19.5 Å². The number of anilines is 1. The Kier molecular flexibility index (Phi) is 5.85. The van der Waals surface area contributed by atoms with Crippen LogP contribution >= 0.6 is 11.3 Å². The lowest BCUT2D eigenvalue weighted by Gasteiger charge is -2.32. The van der Waals surface area contributed by atoms with Gasteiger partial charge in [0, 0.05) is 29.7 Å². The zero-order valence-electron chi connectivity index (χ0n) is 13.8. The van der Waals surface area contributed by atoms with Gasteiger partial charge in [-0.2, -0.15) is 0 Å². The third kappa shape index (κ3) is 4.56. The smallest absolute Gasteiger partial charge is 0.319 e. The highest BCUT2D eigenvalue weighted by Crippen LogP contribution is 2.22. The highest BCUT2D eigenvalue weighted by molar-refractivity contribution is 7.09. The molecule has 6 heteroatoms.